The molecule has 2 aliphatic heterocycles. The summed E-state index contributed by atoms with van der Waals surface area (Å²) in [5.74, 6) is 1.01. The number of rotatable bonds is 0. The largest absolute Gasteiger partial charge is 0.228 e. The first-order valence-electron chi connectivity index (χ1n) is 3.82. The molecule has 2 fully saturated rings. The Bertz CT molecular complexity index is 248. The zero-order chi connectivity index (χ0) is 7.42. The fraction of sp³-hybridized carbons (Fsp3) is 0.625. The minimum absolute atomic E-state index is 0.0506. The second-order valence-electron chi connectivity index (χ2n) is 3.32. The quantitative estimate of drug-likeness (QED) is 0.375. The lowest BCUT2D eigenvalue weighted by Gasteiger charge is -2.27. The van der Waals surface area contributed by atoms with Crippen LogP contribution >= 0.6 is 0 Å². The molecule has 0 radical (unpaired) electrons. The van der Waals surface area contributed by atoms with Crippen molar-refractivity contribution in [2.24, 2.45) is 17.8 Å². The van der Waals surface area contributed by atoms with Gasteiger partial charge < -0.3 is 0 Å². The van der Waals surface area contributed by atoms with Gasteiger partial charge in [-0.15, -0.1) is 0 Å². The third-order valence-electron chi connectivity index (χ3n) is 2.81. The van der Waals surface area contributed by atoms with Gasteiger partial charge in [0, 0.05) is 11.8 Å². The molecule has 1 saturated carbocycles. The zero-order valence-corrected chi connectivity index (χ0v) is 5.81. The highest BCUT2D eigenvalue weighted by Crippen LogP contribution is 2.57. The number of hydrogen-bond acceptors (Lipinski definition) is 3. The maximum atomic E-state index is 8.71. The molecule has 0 aromatic carbocycles. The van der Waals surface area contributed by atoms with Crippen LogP contribution in [0.15, 0.2) is 12.2 Å². The molecule has 11 heavy (non-hydrogen) atoms. The van der Waals surface area contributed by atoms with Crippen molar-refractivity contribution in [1.29, 1.82) is 5.26 Å². The maximum Gasteiger partial charge on any atom is 0.116 e. The van der Waals surface area contributed by atoms with E-state index in [0.717, 1.165) is 0 Å². The van der Waals surface area contributed by atoms with E-state index >= 15 is 0 Å². The Hall–Kier alpha value is -0.850. The molecule has 4 rings (SSSR count). The Morgan fingerprint density at radius 2 is 1.64 bits per heavy atom. The molecule has 0 amide bonds. The summed E-state index contributed by atoms with van der Waals surface area (Å²) in [5.41, 5.74) is 0. The van der Waals surface area contributed by atoms with Crippen LogP contribution in [0, 0.1) is 29.1 Å². The summed E-state index contributed by atoms with van der Waals surface area (Å²) in [6.45, 7) is 0. The van der Waals surface area contributed by atoms with Gasteiger partial charge in [0.2, 0.25) is 0 Å². The van der Waals surface area contributed by atoms with E-state index in [1.54, 1.807) is 0 Å². The molecule has 0 aromatic rings. The van der Waals surface area contributed by atoms with Crippen LogP contribution in [0.4, 0.5) is 0 Å². The van der Waals surface area contributed by atoms with Crippen molar-refractivity contribution in [2.75, 3.05) is 0 Å². The van der Waals surface area contributed by atoms with Gasteiger partial charge in [-0.2, -0.15) is 5.26 Å². The molecule has 0 spiro atoms. The first kappa shape index (κ1) is 5.76. The summed E-state index contributed by atoms with van der Waals surface area (Å²) in [6.07, 6.45) is 4.11. The predicted octanol–water partition coefficient (Wildman–Crippen LogP) is 0.641. The standard InChI is InChI=1S/C8H7NO2/c9-3-4-7-5-1-2-6(8(4)7)11-10-5/h1-2,4-8H/t4?,5-,6+,7-,8+. The highest BCUT2D eigenvalue weighted by Gasteiger charge is 2.63. The average molecular weight is 149 g/mol. The van der Waals surface area contributed by atoms with E-state index in [1.807, 2.05) is 12.2 Å². The van der Waals surface area contributed by atoms with Gasteiger partial charge in [-0.3, -0.25) is 0 Å². The summed E-state index contributed by atoms with van der Waals surface area (Å²) in [7, 11) is 0. The Labute approximate surface area is 64.1 Å². The molecule has 3 nitrogen and oxygen atoms in total. The second kappa shape index (κ2) is 1.66. The number of hydrogen-bond donors (Lipinski definition) is 0. The fourth-order valence-corrected chi connectivity index (χ4v) is 2.17. The molecule has 2 aliphatic carbocycles. The highest BCUT2D eigenvalue weighted by molar-refractivity contribution is 5.25. The number of nitriles is 1. The van der Waals surface area contributed by atoms with Crippen molar-refractivity contribution >= 4 is 0 Å². The van der Waals surface area contributed by atoms with Crippen molar-refractivity contribution in [3.63, 3.8) is 0 Å². The van der Waals surface area contributed by atoms with Crippen LogP contribution in [-0.4, -0.2) is 12.2 Å². The molecular formula is C8H7NO2. The average Bonchev–Trinajstić information content (AvgIpc) is 2.81. The number of fused-ring (bicyclic) bond motifs is 1. The Balaban J connectivity index is 1.97. The van der Waals surface area contributed by atoms with E-state index < -0.39 is 0 Å². The molecule has 0 aromatic heterocycles. The monoisotopic (exact) mass is 149 g/mol. The summed E-state index contributed by atoms with van der Waals surface area (Å²) < 4.78 is 0. The van der Waals surface area contributed by atoms with E-state index in [1.165, 1.54) is 0 Å². The van der Waals surface area contributed by atoms with Gasteiger partial charge in [0.25, 0.3) is 0 Å². The van der Waals surface area contributed by atoms with Gasteiger partial charge in [0.05, 0.1) is 12.0 Å². The topological polar surface area (TPSA) is 42.2 Å². The SMILES string of the molecule is N#CC1[C@@H]2[C@H]1[C@H]1C=C[C@@H]2OO1. The van der Waals surface area contributed by atoms with E-state index in [-0.39, 0.29) is 18.1 Å². The molecule has 2 bridgehead atoms. The van der Waals surface area contributed by atoms with Crippen LogP contribution in [0.5, 0.6) is 0 Å². The molecule has 5 atom stereocenters. The van der Waals surface area contributed by atoms with Gasteiger partial charge in [0.15, 0.2) is 0 Å². The zero-order valence-electron chi connectivity index (χ0n) is 5.81. The van der Waals surface area contributed by atoms with Crippen molar-refractivity contribution in [3.05, 3.63) is 12.2 Å². The Morgan fingerprint density at radius 3 is 2.00 bits per heavy atom. The normalized spacial score (nSPS) is 56.8. The van der Waals surface area contributed by atoms with Gasteiger partial charge in [-0.25, -0.2) is 9.78 Å². The predicted molar refractivity (Wildman–Crippen MR) is 35.0 cm³/mol. The molecule has 0 N–H and O–H groups in total. The first-order chi connectivity index (χ1) is 5.42. The second-order valence-corrected chi connectivity index (χ2v) is 3.32. The lowest BCUT2D eigenvalue weighted by Crippen LogP contribution is -2.32. The van der Waals surface area contributed by atoms with Crippen LogP contribution in [-0.2, 0) is 9.78 Å². The molecular weight excluding hydrogens is 142 g/mol. The van der Waals surface area contributed by atoms with Crippen molar-refractivity contribution in [3.8, 4) is 6.07 Å². The van der Waals surface area contributed by atoms with Crippen LogP contribution in [0.25, 0.3) is 0 Å². The van der Waals surface area contributed by atoms with Crippen LogP contribution in [0.3, 0.4) is 0 Å². The summed E-state index contributed by atoms with van der Waals surface area (Å²) in [6, 6.07) is 2.28. The van der Waals surface area contributed by atoms with E-state index in [0.29, 0.717) is 11.8 Å². The van der Waals surface area contributed by atoms with Crippen LogP contribution < -0.4 is 0 Å². The van der Waals surface area contributed by atoms with Crippen LogP contribution in [0.1, 0.15) is 0 Å². The molecule has 4 aliphatic rings. The highest BCUT2D eigenvalue weighted by atomic mass is 17.2. The molecule has 1 unspecified atom stereocenters. The van der Waals surface area contributed by atoms with Gasteiger partial charge in [0.1, 0.15) is 12.2 Å². The maximum absolute atomic E-state index is 8.71. The lowest BCUT2D eigenvalue weighted by atomic mass is 10.0. The minimum atomic E-state index is 0.0506. The van der Waals surface area contributed by atoms with Crippen molar-refractivity contribution in [1.82, 2.24) is 0 Å². The van der Waals surface area contributed by atoms with E-state index in [9.17, 15) is 0 Å². The van der Waals surface area contributed by atoms with Gasteiger partial charge >= 0.3 is 0 Å². The first-order valence-corrected chi connectivity index (χ1v) is 3.82. The summed E-state index contributed by atoms with van der Waals surface area (Å²) in [5, 5.41) is 8.71. The van der Waals surface area contributed by atoms with Crippen LogP contribution in [0.2, 0.25) is 0 Å². The number of nitrogens with zero attached hydrogens (tertiary/aromatic N) is 1. The molecule has 1 saturated heterocycles. The van der Waals surface area contributed by atoms with E-state index in [4.69, 9.17) is 15.0 Å². The fourth-order valence-electron chi connectivity index (χ4n) is 2.17. The molecule has 3 heteroatoms. The summed E-state index contributed by atoms with van der Waals surface area (Å²) >= 11 is 0. The van der Waals surface area contributed by atoms with Gasteiger partial charge in [-0.1, -0.05) is 12.2 Å². The van der Waals surface area contributed by atoms with E-state index in [2.05, 4.69) is 6.07 Å². The van der Waals surface area contributed by atoms with Gasteiger partial charge in [-0.05, 0) is 0 Å². The smallest absolute Gasteiger partial charge is 0.116 e. The van der Waals surface area contributed by atoms with Crippen molar-refractivity contribution in [2.45, 2.75) is 12.2 Å². The lowest BCUT2D eigenvalue weighted by molar-refractivity contribution is -0.364. The minimum Gasteiger partial charge on any atom is -0.228 e. The Morgan fingerprint density at radius 1 is 1.09 bits per heavy atom. The van der Waals surface area contributed by atoms with Crippen molar-refractivity contribution < 1.29 is 9.78 Å². The molecule has 2 heterocycles. The third-order valence-corrected chi connectivity index (χ3v) is 2.81. The molecule has 56 valence electrons. The third kappa shape index (κ3) is 0.550. The summed E-state index contributed by atoms with van der Waals surface area (Å²) in [4.78, 5) is 10.0. The Kier molecular flexibility index (Phi) is 0.867.